The lowest BCUT2D eigenvalue weighted by atomic mass is 10.2. The van der Waals surface area contributed by atoms with Crippen molar-refractivity contribution in [3.05, 3.63) is 47.2 Å². The van der Waals surface area contributed by atoms with Gasteiger partial charge < -0.3 is 4.52 Å². The van der Waals surface area contributed by atoms with Crippen LogP contribution in [-0.4, -0.2) is 21.3 Å². The van der Waals surface area contributed by atoms with Crippen LogP contribution in [-0.2, 0) is 4.79 Å². The van der Waals surface area contributed by atoms with Crippen LogP contribution in [0.1, 0.15) is 12.6 Å². The number of aryl methyl sites for hydroxylation is 1. The molecule has 24 heavy (non-hydrogen) atoms. The molecule has 0 saturated heterocycles. The summed E-state index contributed by atoms with van der Waals surface area (Å²) in [6.07, 6.45) is 0. The van der Waals surface area contributed by atoms with Gasteiger partial charge in [0, 0.05) is 17.0 Å². The van der Waals surface area contributed by atoms with Crippen molar-refractivity contribution >= 4 is 34.9 Å². The molecule has 0 bridgehead atoms. The van der Waals surface area contributed by atoms with Crippen molar-refractivity contribution in [2.24, 2.45) is 0 Å². The first-order chi connectivity index (χ1) is 11.5. The lowest BCUT2D eigenvalue weighted by Crippen LogP contribution is -2.22. The predicted molar refractivity (Wildman–Crippen MR) is 92.7 cm³/mol. The molecule has 0 radical (unpaired) electrons. The van der Waals surface area contributed by atoms with Crippen LogP contribution in [0.25, 0.3) is 11.3 Å². The van der Waals surface area contributed by atoms with Crippen LogP contribution in [0.2, 0.25) is 0 Å². The van der Waals surface area contributed by atoms with Crippen molar-refractivity contribution < 1.29 is 13.7 Å². The van der Waals surface area contributed by atoms with Gasteiger partial charge in [-0.25, -0.2) is 9.37 Å². The first-order valence-electron chi connectivity index (χ1n) is 7.13. The summed E-state index contributed by atoms with van der Waals surface area (Å²) in [5.41, 5.74) is 2.31. The largest absolute Gasteiger partial charge is 0.338 e. The molecule has 1 aromatic carbocycles. The number of benzene rings is 1. The van der Waals surface area contributed by atoms with Crippen LogP contribution in [0, 0.1) is 12.7 Å². The van der Waals surface area contributed by atoms with E-state index in [9.17, 15) is 9.18 Å². The van der Waals surface area contributed by atoms with E-state index < -0.39 is 0 Å². The molecule has 0 aliphatic carbocycles. The van der Waals surface area contributed by atoms with Gasteiger partial charge in [-0.15, -0.1) is 11.3 Å². The fourth-order valence-corrected chi connectivity index (χ4v) is 3.89. The van der Waals surface area contributed by atoms with Gasteiger partial charge in [-0.2, -0.15) is 0 Å². The minimum Gasteiger partial charge on any atom is -0.338 e. The second kappa shape index (κ2) is 7.14. The molecule has 8 heteroatoms. The predicted octanol–water partition coefficient (Wildman–Crippen LogP) is 4.36. The Hall–Kier alpha value is -2.19. The Morgan fingerprint density at radius 3 is 2.79 bits per heavy atom. The Morgan fingerprint density at radius 1 is 1.38 bits per heavy atom. The summed E-state index contributed by atoms with van der Waals surface area (Å²) < 4.78 is 18.7. The van der Waals surface area contributed by atoms with Gasteiger partial charge in [0.15, 0.2) is 4.34 Å². The number of aromatic nitrogens is 2. The summed E-state index contributed by atoms with van der Waals surface area (Å²) in [4.78, 5) is 16.6. The minimum atomic E-state index is -0.345. The molecular formula is C16H14FN3O2S2. The Kier molecular flexibility index (Phi) is 4.96. The highest BCUT2D eigenvalue weighted by atomic mass is 32.2. The number of halogens is 1. The van der Waals surface area contributed by atoms with Gasteiger partial charge in [-0.05, 0) is 38.1 Å². The number of thiazole rings is 1. The SMILES string of the molecule is Cc1cc(NC(=O)C(C)Sc2nc(-c3ccc(F)cc3)cs2)on1. The molecule has 0 saturated carbocycles. The third kappa shape index (κ3) is 4.01. The monoisotopic (exact) mass is 363 g/mol. The summed E-state index contributed by atoms with van der Waals surface area (Å²) in [6, 6.07) is 7.82. The van der Waals surface area contributed by atoms with Gasteiger partial charge >= 0.3 is 0 Å². The van der Waals surface area contributed by atoms with E-state index in [-0.39, 0.29) is 17.0 Å². The van der Waals surface area contributed by atoms with Gasteiger partial charge in [-0.3, -0.25) is 10.1 Å². The van der Waals surface area contributed by atoms with Crippen molar-refractivity contribution in [3.63, 3.8) is 0 Å². The van der Waals surface area contributed by atoms with Crippen molar-refractivity contribution in [1.82, 2.24) is 10.1 Å². The zero-order valence-corrected chi connectivity index (χ0v) is 14.6. The molecule has 3 aromatic rings. The van der Waals surface area contributed by atoms with E-state index in [1.807, 2.05) is 5.38 Å². The maximum atomic E-state index is 13.0. The minimum absolute atomic E-state index is 0.185. The lowest BCUT2D eigenvalue weighted by molar-refractivity contribution is -0.115. The van der Waals surface area contributed by atoms with E-state index in [4.69, 9.17) is 4.52 Å². The topological polar surface area (TPSA) is 68.0 Å². The molecule has 0 aliphatic heterocycles. The number of carbonyl (C=O) groups is 1. The van der Waals surface area contributed by atoms with Gasteiger partial charge in [-0.1, -0.05) is 16.9 Å². The molecule has 0 spiro atoms. The quantitative estimate of drug-likeness (QED) is 0.682. The molecule has 5 nitrogen and oxygen atoms in total. The normalized spacial score (nSPS) is 12.1. The summed E-state index contributed by atoms with van der Waals surface area (Å²) in [5, 5.41) is 7.94. The first kappa shape index (κ1) is 16.7. The van der Waals surface area contributed by atoms with E-state index in [2.05, 4.69) is 15.5 Å². The molecule has 2 heterocycles. The number of thioether (sulfide) groups is 1. The second-order valence-electron chi connectivity index (χ2n) is 5.09. The van der Waals surface area contributed by atoms with Crippen LogP contribution in [0.15, 0.2) is 44.6 Å². The smallest absolute Gasteiger partial charge is 0.240 e. The molecule has 0 fully saturated rings. The molecule has 124 valence electrons. The number of nitrogens with zero attached hydrogens (tertiary/aromatic N) is 2. The fraction of sp³-hybridized carbons (Fsp3) is 0.188. The standard InChI is InChI=1S/C16H14FN3O2S2/c1-9-7-14(22-20-9)19-15(21)10(2)24-16-18-13(8-23-16)11-3-5-12(17)6-4-11/h3-8,10H,1-2H3,(H,19,21). The molecule has 0 aliphatic rings. The Morgan fingerprint density at radius 2 is 2.12 bits per heavy atom. The molecule has 1 amide bonds. The Balaban J connectivity index is 1.63. The summed E-state index contributed by atoms with van der Waals surface area (Å²) in [5.74, 6) is -0.137. The second-order valence-corrected chi connectivity index (χ2v) is 7.53. The molecule has 1 atom stereocenters. The average molecular weight is 363 g/mol. The maximum Gasteiger partial charge on any atom is 0.240 e. The molecule has 2 aromatic heterocycles. The van der Waals surface area contributed by atoms with Crippen molar-refractivity contribution in [1.29, 1.82) is 0 Å². The average Bonchev–Trinajstić information content (AvgIpc) is 3.17. The lowest BCUT2D eigenvalue weighted by Gasteiger charge is -2.07. The number of anilines is 1. The fourth-order valence-electron chi connectivity index (χ4n) is 1.91. The zero-order chi connectivity index (χ0) is 17.1. The summed E-state index contributed by atoms with van der Waals surface area (Å²) in [7, 11) is 0. The Bertz CT molecular complexity index is 845. The van der Waals surface area contributed by atoms with Crippen LogP contribution >= 0.6 is 23.1 Å². The van der Waals surface area contributed by atoms with Crippen LogP contribution in [0.4, 0.5) is 10.3 Å². The number of amides is 1. The summed E-state index contributed by atoms with van der Waals surface area (Å²) >= 11 is 2.80. The van der Waals surface area contributed by atoms with E-state index in [1.165, 1.54) is 35.2 Å². The van der Waals surface area contributed by atoms with Crippen molar-refractivity contribution in [3.8, 4) is 11.3 Å². The van der Waals surface area contributed by atoms with Gasteiger partial charge in [0.1, 0.15) is 5.82 Å². The summed E-state index contributed by atoms with van der Waals surface area (Å²) in [6.45, 7) is 3.58. The number of nitrogens with one attached hydrogen (secondary N) is 1. The van der Waals surface area contributed by atoms with E-state index in [1.54, 1.807) is 32.0 Å². The Labute approximate surface area is 146 Å². The van der Waals surface area contributed by atoms with Gasteiger partial charge in [0.2, 0.25) is 11.8 Å². The maximum absolute atomic E-state index is 13.0. The van der Waals surface area contributed by atoms with E-state index in [0.29, 0.717) is 11.6 Å². The first-order valence-corrected chi connectivity index (χ1v) is 8.89. The van der Waals surface area contributed by atoms with E-state index >= 15 is 0 Å². The van der Waals surface area contributed by atoms with Crippen molar-refractivity contribution in [2.45, 2.75) is 23.4 Å². The number of carbonyl (C=O) groups excluding carboxylic acids is 1. The molecule has 1 N–H and O–H groups in total. The number of hydrogen-bond donors (Lipinski definition) is 1. The molecule has 3 rings (SSSR count). The number of rotatable bonds is 5. The van der Waals surface area contributed by atoms with Crippen molar-refractivity contribution in [2.75, 3.05) is 5.32 Å². The highest BCUT2D eigenvalue weighted by Crippen LogP contribution is 2.31. The highest BCUT2D eigenvalue weighted by Gasteiger charge is 2.18. The van der Waals surface area contributed by atoms with Crippen LogP contribution in [0.5, 0.6) is 0 Å². The van der Waals surface area contributed by atoms with Gasteiger partial charge in [0.05, 0.1) is 16.6 Å². The highest BCUT2D eigenvalue weighted by molar-refractivity contribution is 8.02. The molecule has 1 unspecified atom stereocenters. The van der Waals surface area contributed by atoms with Crippen LogP contribution in [0.3, 0.4) is 0 Å². The third-order valence-corrected chi connectivity index (χ3v) is 5.22. The zero-order valence-electron chi connectivity index (χ0n) is 12.9. The number of hydrogen-bond acceptors (Lipinski definition) is 6. The van der Waals surface area contributed by atoms with Gasteiger partial charge in [0.25, 0.3) is 0 Å². The molecular weight excluding hydrogens is 349 g/mol. The third-order valence-electron chi connectivity index (χ3n) is 3.14. The van der Waals surface area contributed by atoms with E-state index in [0.717, 1.165) is 15.6 Å². The van der Waals surface area contributed by atoms with Crippen LogP contribution < -0.4 is 5.32 Å².